The zero-order valence-corrected chi connectivity index (χ0v) is 12.0. The Morgan fingerprint density at radius 2 is 1.95 bits per heavy atom. The van der Waals surface area contributed by atoms with Crippen molar-refractivity contribution in [1.29, 1.82) is 0 Å². The average Bonchev–Trinajstić information content (AvgIpc) is 2.30. The first-order valence-electron chi connectivity index (χ1n) is 6.40. The zero-order valence-electron chi connectivity index (χ0n) is 11.2. The molecule has 0 saturated carbocycles. The molecule has 19 heavy (non-hydrogen) atoms. The Morgan fingerprint density at radius 3 is 2.63 bits per heavy atom. The van der Waals surface area contributed by atoms with Crippen LogP contribution in [0.4, 0.5) is 5.82 Å². The van der Waals surface area contributed by atoms with Gasteiger partial charge in [-0.25, -0.2) is 9.97 Å². The van der Waals surface area contributed by atoms with Gasteiger partial charge in [0, 0.05) is 23.2 Å². The number of rotatable bonds is 4. The maximum atomic E-state index is 6.15. The molecular weight excluding hydrogens is 258 g/mol. The highest BCUT2D eigenvalue weighted by molar-refractivity contribution is 6.31. The molecule has 2 aromatic rings. The lowest BCUT2D eigenvalue weighted by atomic mass is 10.1. The first kappa shape index (κ1) is 13.8. The number of anilines is 1. The van der Waals surface area contributed by atoms with Crippen LogP contribution in [0.3, 0.4) is 0 Å². The largest absolute Gasteiger partial charge is 0.384 e. The quantitative estimate of drug-likeness (QED) is 0.929. The zero-order chi connectivity index (χ0) is 13.8. The highest BCUT2D eigenvalue weighted by atomic mass is 35.5. The number of nitrogens with two attached hydrogens (primary N) is 1. The molecular formula is C15H18ClN3. The minimum atomic E-state index is 0.521. The number of nitrogens with zero attached hydrogens (tertiary/aromatic N) is 2. The van der Waals surface area contributed by atoms with Gasteiger partial charge in [-0.2, -0.15) is 0 Å². The Kier molecular flexibility index (Phi) is 4.38. The Labute approximate surface area is 118 Å². The molecule has 0 bridgehead atoms. The van der Waals surface area contributed by atoms with E-state index in [-0.39, 0.29) is 0 Å². The predicted molar refractivity (Wildman–Crippen MR) is 79.2 cm³/mol. The third-order valence-corrected chi connectivity index (χ3v) is 3.14. The summed E-state index contributed by atoms with van der Waals surface area (Å²) in [5.41, 5.74) is 7.85. The van der Waals surface area contributed by atoms with Gasteiger partial charge in [-0.15, -0.1) is 0 Å². The van der Waals surface area contributed by atoms with E-state index in [1.165, 1.54) is 0 Å². The van der Waals surface area contributed by atoms with Crippen LogP contribution in [0.5, 0.6) is 0 Å². The van der Waals surface area contributed by atoms with Crippen molar-refractivity contribution in [2.75, 3.05) is 5.73 Å². The summed E-state index contributed by atoms with van der Waals surface area (Å²) in [5.74, 6) is 1.79. The van der Waals surface area contributed by atoms with Gasteiger partial charge >= 0.3 is 0 Å². The highest BCUT2D eigenvalue weighted by Gasteiger charge is 2.07. The lowest BCUT2D eigenvalue weighted by molar-refractivity contribution is 0.631. The minimum absolute atomic E-state index is 0.521. The Hall–Kier alpha value is -1.61. The second kappa shape index (κ2) is 6.02. The van der Waals surface area contributed by atoms with Crippen molar-refractivity contribution in [3.8, 4) is 0 Å². The van der Waals surface area contributed by atoms with E-state index in [1.807, 2.05) is 30.3 Å². The number of aromatic nitrogens is 2. The lowest BCUT2D eigenvalue weighted by Crippen LogP contribution is -2.06. The van der Waals surface area contributed by atoms with Crippen LogP contribution >= 0.6 is 11.6 Å². The van der Waals surface area contributed by atoms with E-state index in [1.54, 1.807) is 0 Å². The van der Waals surface area contributed by atoms with Gasteiger partial charge in [0.05, 0.1) is 0 Å². The molecule has 0 atom stereocenters. The number of nitrogen functional groups attached to an aromatic ring is 1. The molecule has 0 amide bonds. The summed E-state index contributed by atoms with van der Waals surface area (Å²) in [5, 5.41) is 0.735. The fraction of sp³-hybridized carbons (Fsp3) is 0.333. The smallest absolute Gasteiger partial charge is 0.135 e. The molecule has 0 aliphatic carbocycles. The van der Waals surface area contributed by atoms with Gasteiger partial charge < -0.3 is 5.73 Å². The molecule has 0 radical (unpaired) electrons. The van der Waals surface area contributed by atoms with Crippen LogP contribution in [0.1, 0.15) is 30.9 Å². The lowest BCUT2D eigenvalue weighted by Gasteiger charge is -2.08. The molecule has 0 spiro atoms. The van der Waals surface area contributed by atoms with Crippen molar-refractivity contribution in [3.05, 3.63) is 52.4 Å². The molecule has 0 unspecified atom stereocenters. The van der Waals surface area contributed by atoms with Crippen LogP contribution in [0, 0.1) is 5.92 Å². The topological polar surface area (TPSA) is 51.8 Å². The van der Waals surface area contributed by atoms with E-state index >= 15 is 0 Å². The van der Waals surface area contributed by atoms with Crippen LogP contribution in [0.25, 0.3) is 0 Å². The Morgan fingerprint density at radius 1 is 1.21 bits per heavy atom. The molecule has 3 nitrogen and oxygen atoms in total. The molecule has 100 valence electrons. The van der Waals surface area contributed by atoms with E-state index in [9.17, 15) is 0 Å². The molecule has 0 aliphatic heterocycles. The molecule has 4 heteroatoms. The maximum absolute atomic E-state index is 6.15. The summed E-state index contributed by atoms with van der Waals surface area (Å²) in [4.78, 5) is 8.85. The average molecular weight is 276 g/mol. The minimum Gasteiger partial charge on any atom is -0.384 e. The Balaban J connectivity index is 2.25. The van der Waals surface area contributed by atoms with E-state index in [0.29, 0.717) is 18.2 Å². The molecule has 0 aliphatic rings. The Bertz CT molecular complexity index is 567. The number of benzene rings is 1. The second-order valence-electron chi connectivity index (χ2n) is 5.07. The van der Waals surface area contributed by atoms with E-state index in [2.05, 4.69) is 23.8 Å². The summed E-state index contributed by atoms with van der Waals surface area (Å²) < 4.78 is 0. The normalized spacial score (nSPS) is 10.9. The van der Waals surface area contributed by atoms with Gasteiger partial charge in [0.1, 0.15) is 11.6 Å². The third-order valence-electron chi connectivity index (χ3n) is 2.77. The van der Waals surface area contributed by atoms with Crippen molar-refractivity contribution in [3.63, 3.8) is 0 Å². The summed E-state index contributed by atoms with van der Waals surface area (Å²) >= 11 is 6.15. The monoisotopic (exact) mass is 275 g/mol. The molecule has 1 heterocycles. The molecule has 1 aromatic heterocycles. The summed E-state index contributed by atoms with van der Waals surface area (Å²) in [6.45, 7) is 4.32. The van der Waals surface area contributed by atoms with Crippen molar-refractivity contribution >= 4 is 17.4 Å². The summed E-state index contributed by atoms with van der Waals surface area (Å²) in [6.07, 6.45) is 1.51. The van der Waals surface area contributed by atoms with Gasteiger partial charge in [-0.05, 0) is 24.0 Å². The third kappa shape index (κ3) is 3.93. The number of hydrogen-bond acceptors (Lipinski definition) is 3. The molecule has 2 rings (SSSR count). The van der Waals surface area contributed by atoms with Gasteiger partial charge in [0.2, 0.25) is 0 Å². The standard InChI is InChI=1S/C15H18ClN3/c1-10(2)7-12-9-14(17)19-15(18-12)8-11-5-3-4-6-13(11)16/h3-6,9-10H,7-8H2,1-2H3,(H2,17,18,19). The van der Waals surface area contributed by atoms with Crippen molar-refractivity contribution in [2.24, 2.45) is 5.92 Å². The number of hydrogen-bond donors (Lipinski definition) is 1. The molecule has 2 N–H and O–H groups in total. The maximum Gasteiger partial charge on any atom is 0.135 e. The first-order chi connectivity index (χ1) is 9.04. The highest BCUT2D eigenvalue weighted by Crippen LogP contribution is 2.18. The fourth-order valence-corrected chi connectivity index (χ4v) is 2.19. The summed E-state index contributed by atoms with van der Waals surface area (Å²) in [7, 11) is 0. The van der Waals surface area contributed by atoms with Gasteiger partial charge in [-0.3, -0.25) is 0 Å². The van der Waals surface area contributed by atoms with Crippen LogP contribution in [0.2, 0.25) is 5.02 Å². The second-order valence-corrected chi connectivity index (χ2v) is 5.47. The van der Waals surface area contributed by atoms with Gasteiger partial charge in [0.15, 0.2) is 0 Å². The van der Waals surface area contributed by atoms with E-state index in [0.717, 1.165) is 28.5 Å². The summed E-state index contributed by atoms with van der Waals surface area (Å²) in [6, 6.07) is 9.57. The molecule has 0 saturated heterocycles. The van der Waals surface area contributed by atoms with Gasteiger partial charge in [0.25, 0.3) is 0 Å². The van der Waals surface area contributed by atoms with E-state index < -0.39 is 0 Å². The van der Waals surface area contributed by atoms with Crippen LogP contribution in [-0.4, -0.2) is 9.97 Å². The van der Waals surface area contributed by atoms with Crippen LogP contribution < -0.4 is 5.73 Å². The van der Waals surface area contributed by atoms with E-state index in [4.69, 9.17) is 17.3 Å². The number of halogens is 1. The predicted octanol–water partition coefficient (Wildman–Crippen LogP) is 3.50. The first-order valence-corrected chi connectivity index (χ1v) is 6.78. The van der Waals surface area contributed by atoms with Crippen molar-refractivity contribution in [2.45, 2.75) is 26.7 Å². The SMILES string of the molecule is CC(C)Cc1cc(N)nc(Cc2ccccc2Cl)n1. The van der Waals surface area contributed by atoms with Crippen LogP contribution in [-0.2, 0) is 12.8 Å². The fourth-order valence-electron chi connectivity index (χ4n) is 1.99. The molecule has 1 aromatic carbocycles. The van der Waals surface area contributed by atoms with Crippen molar-refractivity contribution in [1.82, 2.24) is 9.97 Å². The van der Waals surface area contributed by atoms with Crippen LogP contribution in [0.15, 0.2) is 30.3 Å². The molecule has 0 fully saturated rings. The van der Waals surface area contributed by atoms with Crippen molar-refractivity contribution < 1.29 is 0 Å². The van der Waals surface area contributed by atoms with Gasteiger partial charge in [-0.1, -0.05) is 43.6 Å².